The Balaban J connectivity index is 2.22. The molecule has 1 heterocycles. The number of rotatable bonds is 3. The standard InChI is InChI=1S/C11H12FN5/c1-7-2-3-8(4-9(7)12)15-10-5-14-6-11(16-10)17-13/h2-6H,13H2,1H3,(H2,15,16,17). The van der Waals surface area contributed by atoms with Crippen LogP contribution in [0.5, 0.6) is 0 Å². The van der Waals surface area contributed by atoms with Crippen LogP contribution in [-0.4, -0.2) is 9.97 Å². The van der Waals surface area contributed by atoms with E-state index in [1.54, 1.807) is 19.1 Å². The summed E-state index contributed by atoms with van der Waals surface area (Å²) >= 11 is 0. The van der Waals surface area contributed by atoms with Gasteiger partial charge in [0.05, 0.1) is 12.4 Å². The number of anilines is 3. The van der Waals surface area contributed by atoms with Crippen LogP contribution in [0.3, 0.4) is 0 Å². The van der Waals surface area contributed by atoms with Gasteiger partial charge in [-0.1, -0.05) is 6.07 Å². The molecule has 0 aliphatic carbocycles. The third-order valence-electron chi connectivity index (χ3n) is 2.23. The van der Waals surface area contributed by atoms with Crippen molar-refractivity contribution in [2.75, 3.05) is 10.7 Å². The van der Waals surface area contributed by atoms with Crippen LogP contribution in [0.2, 0.25) is 0 Å². The van der Waals surface area contributed by atoms with Gasteiger partial charge in [0, 0.05) is 5.69 Å². The molecule has 0 bridgehead atoms. The highest BCUT2D eigenvalue weighted by Gasteiger charge is 2.01. The second-order valence-corrected chi connectivity index (χ2v) is 3.52. The predicted octanol–water partition coefficient (Wildman–Crippen LogP) is 1.95. The summed E-state index contributed by atoms with van der Waals surface area (Å²) in [7, 11) is 0. The quantitative estimate of drug-likeness (QED) is 0.558. The third-order valence-corrected chi connectivity index (χ3v) is 2.23. The molecule has 0 saturated carbocycles. The van der Waals surface area contributed by atoms with Gasteiger partial charge in [0.15, 0.2) is 11.6 Å². The fourth-order valence-corrected chi connectivity index (χ4v) is 1.31. The molecule has 88 valence electrons. The van der Waals surface area contributed by atoms with E-state index in [0.717, 1.165) is 0 Å². The molecule has 17 heavy (non-hydrogen) atoms. The first-order valence-corrected chi connectivity index (χ1v) is 5.01. The Morgan fingerprint density at radius 1 is 1.24 bits per heavy atom. The summed E-state index contributed by atoms with van der Waals surface area (Å²) in [5, 5.41) is 2.94. The highest BCUT2D eigenvalue weighted by atomic mass is 19.1. The number of aryl methyl sites for hydroxylation is 1. The van der Waals surface area contributed by atoms with Crippen LogP contribution in [-0.2, 0) is 0 Å². The number of hydrogen-bond acceptors (Lipinski definition) is 5. The van der Waals surface area contributed by atoms with Gasteiger partial charge < -0.3 is 10.7 Å². The molecule has 0 fully saturated rings. The minimum absolute atomic E-state index is 0.268. The first kappa shape index (κ1) is 11.3. The van der Waals surface area contributed by atoms with Crippen molar-refractivity contribution in [2.45, 2.75) is 6.92 Å². The lowest BCUT2D eigenvalue weighted by atomic mass is 10.2. The van der Waals surface area contributed by atoms with Crippen molar-refractivity contribution in [2.24, 2.45) is 5.84 Å². The third kappa shape index (κ3) is 2.67. The maximum Gasteiger partial charge on any atom is 0.160 e. The van der Waals surface area contributed by atoms with Crippen LogP contribution in [0, 0.1) is 12.7 Å². The fraction of sp³-hybridized carbons (Fsp3) is 0.0909. The molecule has 0 unspecified atom stereocenters. The Morgan fingerprint density at radius 3 is 2.71 bits per heavy atom. The maximum atomic E-state index is 13.3. The van der Waals surface area contributed by atoms with E-state index in [1.165, 1.54) is 18.5 Å². The topological polar surface area (TPSA) is 75.9 Å². The summed E-state index contributed by atoms with van der Waals surface area (Å²) in [5.74, 6) is 5.87. The number of aromatic nitrogens is 2. The van der Waals surface area contributed by atoms with Crippen LogP contribution < -0.4 is 16.6 Å². The van der Waals surface area contributed by atoms with Gasteiger partial charge in [0.2, 0.25) is 0 Å². The molecule has 0 atom stereocenters. The van der Waals surface area contributed by atoms with Crippen molar-refractivity contribution in [3.8, 4) is 0 Å². The van der Waals surface area contributed by atoms with Crippen LogP contribution >= 0.6 is 0 Å². The smallest absolute Gasteiger partial charge is 0.160 e. The van der Waals surface area contributed by atoms with Gasteiger partial charge in [-0.2, -0.15) is 0 Å². The van der Waals surface area contributed by atoms with Gasteiger partial charge in [-0.25, -0.2) is 15.2 Å². The number of nitrogens with one attached hydrogen (secondary N) is 2. The molecule has 6 heteroatoms. The SMILES string of the molecule is Cc1ccc(Nc2cncc(NN)n2)cc1F. The normalized spacial score (nSPS) is 10.1. The Bertz CT molecular complexity index is 529. The molecular formula is C11H12FN5. The molecule has 0 aliphatic heterocycles. The monoisotopic (exact) mass is 233 g/mol. The van der Waals surface area contributed by atoms with Crippen LogP contribution in [0.1, 0.15) is 5.56 Å². The minimum atomic E-state index is -0.268. The average Bonchev–Trinajstić information content (AvgIpc) is 2.34. The van der Waals surface area contributed by atoms with Gasteiger partial charge in [-0.15, -0.1) is 0 Å². The summed E-state index contributed by atoms with van der Waals surface area (Å²) in [4.78, 5) is 8.04. The molecule has 1 aromatic carbocycles. The Labute approximate surface area is 97.9 Å². The van der Waals surface area contributed by atoms with Crippen molar-refractivity contribution < 1.29 is 4.39 Å². The second-order valence-electron chi connectivity index (χ2n) is 3.52. The average molecular weight is 233 g/mol. The second kappa shape index (κ2) is 4.75. The fourth-order valence-electron chi connectivity index (χ4n) is 1.31. The van der Waals surface area contributed by atoms with E-state index < -0.39 is 0 Å². The van der Waals surface area contributed by atoms with Crippen LogP contribution in [0.25, 0.3) is 0 Å². The number of nitrogen functional groups attached to an aromatic ring is 1. The summed E-state index contributed by atoms with van der Waals surface area (Å²) in [6, 6.07) is 4.86. The molecule has 2 rings (SSSR count). The number of hydrazine groups is 1. The number of hydrogen-bond donors (Lipinski definition) is 3. The predicted molar refractivity (Wildman–Crippen MR) is 64.3 cm³/mol. The molecule has 2 aromatic rings. The lowest BCUT2D eigenvalue weighted by Gasteiger charge is -2.07. The van der Waals surface area contributed by atoms with E-state index in [0.29, 0.717) is 22.9 Å². The highest BCUT2D eigenvalue weighted by molar-refractivity contribution is 5.57. The van der Waals surface area contributed by atoms with E-state index in [1.807, 2.05) is 0 Å². The molecule has 4 N–H and O–H groups in total. The molecule has 0 radical (unpaired) electrons. The number of benzene rings is 1. The van der Waals surface area contributed by atoms with Gasteiger partial charge in [0.1, 0.15) is 5.82 Å². The van der Waals surface area contributed by atoms with Crippen LogP contribution in [0.15, 0.2) is 30.6 Å². The van der Waals surface area contributed by atoms with E-state index in [-0.39, 0.29) is 5.82 Å². The van der Waals surface area contributed by atoms with Gasteiger partial charge in [-0.05, 0) is 24.6 Å². The van der Waals surface area contributed by atoms with Crippen LogP contribution in [0.4, 0.5) is 21.7 Å². The molecule has 0 amide bonds. The summed E-state index contributed by atoms with van der Waals surface area (Å²) in [6.45, 7) is 1.71. The largest absolute Gasteiger partial charge is 0.339 e. The number of nitrogens with two attached hydrogens (primary N) is 1. The van der Waals surface area contributed by atoms with Crippen molar-refractivity contribution in [1.82, 2.24) is 9.97 Å². The summed E-state index contributed by atoms with van der Waals surface area (Å²) in [5.41, 5.74) is 3.59. The molecule has 5 nitrogen and oxygen atoms in total. The zero-order chi connectivity index (χ0) is 12.3. The number of nitrogens with zero attached hydrogens (tertiary/aromatic N) is 2. The minimum Gasteiger partial charge on any atom is -0.339 e. The molecule has 0 spiro atoms. The first-order chi connectivity index (χ1) is 8.19. The van der Waals surface area contributed by atoms with Gasteiger partial charge in [0.25, 0.3) is 0 Å². The van der Waals surface area contributed by atoms with Gasteiger partial charge in [-0.3, -0.25) is 4.98 Å². The lowest BCUT2D eigenvalue weighted by Crippen LogP contribution is -2.09. The molecule has 0 aliphatic rings. The Kier molecular flexibility index (Phi) is 3.15. The summed E-state index contributed by atoms with van der Waals surface area (Å²) < 4.78 is 13.3. The first-order valence-electron chi connectivity index (χ1n) is 5.01. The zero-order valence-corrected chi connectivity index (χ0v) is 9.24. The zero-order valence-electron chi connectivity index (χ0n) is 9.24. The van der Waals surface area contributed by atoms with Crippen molar-refractivity contribution in [3.05, 3.63) is 42.0 Å². The summed E-state index contributed by atoms with van der Waals surface area (Å²) in [6.07, 6.45) is 3.01. The Morgan fingerprint density at radius 2 is 2.00 bits per heavy atom. The van der Waals surface area contributed by atoms with E-state index in [2.05, 4.69) is 20.7 Å². The van der Waals surface area contributed by atoms with Crippen molar-refractivity contribution in [3.63, 3.8) is 0 Å². The lowest BCUT2D eigenvalue weighted by molar-refractivity contribution is 0.619. The van der Waals surface area contributed by atoms with Crippen molar-refractivity contribution >= 4 is 17.3 Å². The molecular weight excluding hydrogens is 221 g/mol. The number of halogens is 1. The maximum absolute atomic E-state index is 13.3. The molecule has 1 aromatic heterocycles. The Hall–Kier alpha value is -2.21. The van der Waals surface area contributed by atoms with Crippen molar-refractivity contribution in [1.29, 1.82) is 0 Å². The molecule has 0 saturated heterocycles. The van der Waals surface area contributed by atoms with E-state index in [4.69, 9.17) is 5.84 Å². The van der Waals surface area contributed by atoms with E-state index in [9.17, 15) is 4.39 Å². The highest BCUT2D eigenvalue weighted by Crippen LogP contribution is 2.17. The van der Waals surface area contributed by atoms with E-state index >= 15 is 0 Å². The van der Waals surface area contributed by atoms with Gasteiger partial charge >= 0.3 is 0 Å².